The SMILES string of the molecule is [N-]=[N+]=NC(=O)c1cnc(C(=O)Nc2ccnc([C@]34CN(c5ncc(F)cn5)C[C@H]3CSC(N)=N4)c2)cn1. The second-order valence-corrected chi connectivity index (χ2v) is 9.17. The van der Waals surface area contributed by atoms with Crippen LogP contribution >= 0.6 is 11.8 Å². The Hall–Kier alpha value is -4.69. The molecule has 0 aliphatic carbocycles. The molecule has 3 N–H and O–H groups in total. The second-order valence-electron chi connectivity index (χ2n) is 8.13. The van der Waals surface area contributed by atoms with Gasteiger partial charge in [0.2, 0.25) is 5.95 Å². The van der Waals surface area contributed by atoms with Crippen molar-refractivity contribution in [1.29, 1.82) is 0 Å². The number of azide groups is 1. The first-order valence-corrected chi connectivity index (χ1v) is 11.8. The highest BCUT2D eigenvalue weighted by molar-refractivity contribution is 8.13. The number of thioether (sulfide) groups is 1. The van der Waals surface area contributed by atoms with E-state index in [-0.39, 0.29) is 17.3 Å². The van der Waals surface area contributed by atoms with Gasteiger partial charge in [-0.05, 0) is 22.8 Å². The second kappa shape index (κ2) is 9.75. The van der Waals surface area contributed by atoms with Crippen LogP contribution in [0.2, 0.25) is 0 Å². The number of carbonyl (C=O) groups excluding carboxylic acids is 2. The van der Waals surface area contributed by atoms with Crippen LogP contribution in [0.25, 0.3) is 10.4 Å². The summed E-state index contributed by atoms with van der Waals surface area (Å²) in [5.74, 6) is -0.946. The van der Waals surface area contributed by atoms with Gasteiger partial charge >= 0.3 is 0 Å². The van der Waals surface area contributed by atoms with Crippen molar-refractivity contribution in [3.63, 3.8) is 0 Å². The van der Waals surface area contributed by atoms with Gasteiger partial charge in [0, 0.05) is 35.0 Å². The van der Waals surface area contributed by atoms with Crippen molar-refractivity contribution in [2.75, 3.05) is 29.1 Å². The van der Waals surface area contributed by atoms with E-state index in [1.54, 1.807) is 18.3 Å². The van der Waals surface area contributed by atoms with Gasteiger partial charge < -0.3 is 16.0 Å². The summed E-state index contributed by atoms with van der Waals surface area (Å²) in [7, 11) is 0. The number of nitrogens with zero attached hydrogens (tertiary/aromatic N) is 10. The number of pyridine rings is 1. The standard InChI is InChI=1S/C21H17FN12O2S/c22-12-4-28-20(29-5-12)34-8-11-9-37-19(23)31-21(11,10-34)16-3-13(1-2-25-16)30-17(35)14-6-27-15(7-26-14)18(36)32-33-24/h1-7,11H,8-10H2,(H2,23,31)(H,25,30,35)/t11-,21-/m0/s1. The number of rotatable bonds is 5. The van der Waals surface area contributed by atoms with E-state index >= 15 is 0 Å². The molecule has 37 heavy (non-hydrogen) atoms. The first-order chi connectivity index (χ1) is 17.9. The summed E-state index contributed by atoms with van der Waals surface area (Å²) in [4.78, 5) is 53.9. The molecule has 1 fully saturated rings. The maximum absolute atomic E-state index is 13.3. The summed E-state index contributed by atoms with van der Waals surface area (Å²) in [5.41, 5.74) is 14.4. The van der Waals surface area contributed by atoms with Gasteiger partial charge in [-0.1, -0.05) is 11.8 Å². The highest BCUT2D eigenvalue weighted by Crippen LogP contribution is 2.45. The zero-order valence-corrected chi connectivity index (χ0v) is 19.7. The van der Waals surface area contributed by atoms with E-state index in [1.165, 1.54) is 11.8 Å². The van der Waals surface area contributed by atoms with Crippen molar-refractivity contribution in [3.8, 4) is 0 Å². The summed E-state index contributed by atoms with van der Waals surface area (Å²) in [6.07, 6.45) is 5.93. The number of carbonyl (C=O) groups is 2. The number of aromatic nitrogens is 5. The normalized spacial score (nSPS) is 20.4. The number of hydrogen-bond acceptors (Lipinski definition) is 11. The lowest BCUT2D eigenvalue weighted by molar-refractivity contribution is 0.0988. The van der Waals surface area contributed by atoms with E-state index in [4.69, 9.17) is 16.3 Å². The lowest BCUT2D eigenvalue weighted by Crippen LogP contribution is -2.40. The smallest absolute Gasteiger partial charge is 0.275 e. The van der Waals surface area contributed by atoms with Crippen LogP contribution in [-0.2, 0) is 5.54 Å². The van der Waals surface area contributed by atoms with Crippen molar-refractivity contribution in [2.24, 2.45) is 21.8 Å². The maximum atomic E-state index is 13.3. The number of nitrogens with two attached hydrogens (primary N) is 1. The van der Waals surface area contributed by atoms with Gasteiger partial charge in [-0.3, -0.25) is 14.6 Å². The zero-order chi connectivity index (χ0) is 26.0. The highest BCUT2D eigenvalue weighted by atomic mass is 32.2. The Balaban J connectivity index is 1.40. The third-order valence-electron chi connectivity index (χ3n) is 5.88. The molecule has 0 saturated carbocycles. The van der Waals surface area contributed by atoms with Gasteiger partial charge in [0.25, 0.3) is 11.8 Å². The third kappa shape index (κ3) is 4.74. The van der Waals surface area contributed by atoms with Gasteiger partial charge in [0.05, 0.1) is 37.0 Å². The fourth-order valence-corrected chi connectivity index (χ4v) is 5.17. The minimum absolute atomic E-state index is 0.00363. The van der Waals surface area contributed by atoms with Crippen molar-refractivity contribution < 1.29 is 14.0 Å². The zero-order valence-electron chi connectivity index (χ0n) is 18.9. The monoisotopic (exact) mass is 520 g/mol. The minimum atomic E-state index is -0.906. The molecule has 0 aromatic carbocycles. The lowest BCUT2D eigenvalue weighted by Gasteiger charge is -2.33. The average molecular weight is 521 g/mol. The first kappa shape index (κ1) is 24.0. The first-order valence-electron chi connectivity index (χ1n) is 10.8. The van der Waals surface area contributed by atoms with Crippen LogP contribution in [0.1, 0.15) is 26.7 Å². The number of halogens is 1. The number of aliphatic imine (C=N–C) groups is 1. The molecular formula is C21H17FN12O2S. The van der Waals surface area contributed by atoms with Crippen molar-refractivity contribution in [2.45, 2.75) is 5.54 Å². The van der Waals surface area contributed by atoms with Crippen LogP contribution in [-0.4, -0.2) is 60.7 Å². The molecule has 0 radical (unpaired) electrons. The predicted octanol–water partition coefficient (Wildman–Crippen LogP) is 1.90. The summed E-state index contributed by atoms with van der Waals surface area (Å²) in [6.45, 7) is 0.922. The minimum Gasteiger partial charge on any atom is -0.379 e. The molecule has 14 nitrogen and oxygen atoms in total. The molecule has 0 unspecified atom stereocenters. The average Bonchev–Trinajstić information content (AvgIpc) is 3.29. The largest absolute Gasteiger partial charge is 0.379 e. The van der Waals surface area contributed by atoms with E-state index in [0.717, 1.165) is 24.8 Å². The van der Waals surface area contributed by atoms with Gasteiger partial charge in [-0.2, -0.15) is 0 Å². The predicted molar refractivity (Wildman–Crippen MR) is 131 cm³/mol. The fraction of sp³-hybridized carbons (Fsp3) is 0.238. The van der Waals surface area contributed by atoms with Gasteiger partial charge in [-0.15, -0.1) is 0 Å². The summed E-state index contributed by atoms with van der Waals surface area (Å²) < 4.78 is 13.3. The van der Waals surface area contributed by atoms with E-state index < -0.39 is 23.2 Å². The summed E-state index contributed by atoms with van der Waals surface area (Å²) in [6, 6.07) is 3.32. The molecule has 0 spiro atoms. The molecular weight excluding hydrogens is 503 g/mol. The topological polar surface area (TPSA) is 201 Å². The molecule has 1 saturated heterocycles. The highest BCUT2D eigenvalue weighted by Gasteiger charge is 2.51. The Kier molecular flexibility index (Phi) is 6.33. The quantitative estimate of drug-likeness (QED) is 0.284. The Labute approximate surface area is 212 Å². The Bertz CT molecular complexity index is 1440. The van der Waals surface area contributed by atoms with E-state index in [9.17, 15) is 14.0 Å². The number of nitrogens with one attached hydrogen (secondary N) is 1. The lowest BCUT2D eigenvalue weighted by atomic mass is 9.85. The molecule has 2 atom stereocenters. The fourth-order valence-electron chi connectivity index (χ4n) is 4.19. The van der Waals surface area contributed by atoms with Crippen LogP contribution in [0.3, 0.4) is 0 Å². The molecule has 3 aromatic heterocycles. The number of amidine groups is 1. The van der Waals surface area contributed by atoms with Crippen LogP contribution in [0.5, 0.6) is 0 Å². The van der Waals surface area contributed by atoms with Gasteiger partial charge in [0.1, 0.15) is 16.9 Å². The van der Waals surface area contributed by atoms with Crippen LogP contribution < -0.4 is 16.0 Å². The van der Waals surface area contributed by atoms with Crippen molar-refractivity contribution >= 4 is 40.4 Å². The van der Waals surface area contributed by atoms with Crippen LogP contribution in [0, 0.1) is 11.7 Å². The molecule has 16 heteroatoms. The number of hydrogen-bond donors (Lipinski definition) is 2. The third-order valence-corrected chi connectivity index (χ3v) is 6.84. The van der Waals surface area contributed by atoms with E-state index in [0.29, 0.717) is 41.3 Å². The molecule has 2 aliphatic rings. The Morgan fingerprint density at radius 1 is 1.19 bits per heavy atom. The molecule has 5 heterocycles. The summed E-state index contributed by atoms with van der Waals surface area (Å²) in [5, 5.41) is 6.09. The number of anilines is 2. The van der Waals surface area contributed by atoms with Crippen LogP contribution in [0.15, 0.2) is 53.2 Å². The molecule has 5 rings (SSSR count). The van der Waals surface area contributed by atoms with E-state index in [2.05, 4.69) is 40.3 Å². The summed E-state index contributed by atoms with van der Waals surface area (Å²) >= 11 is 1.44. The number of fused-ring (bicyclic) bond motifs is 1. The molecule has 2 amide bonds. The van der Waals surface area contributed by atoms with E-state index in [1.807, 2.05) is 4.90 Å². The van der Waals surface area contributed by atoms with Gasteiger partial charge in [-0.25, -0.2) is 29.3 Å². The van der Waals surface area contributed by atoms with Crippen molar-refractivity contribution in [3.05, 3.63) is 76.5 Å². The Morgan fingerprint density at radius 2 is 1.95 bits per heavy atom. The molecule has 2 aliphatic heterocycles. The molecule has 3 aromatic rings. The van der Waals surface area contributed by atoms with Crippen molar-refractivity contribution in [1.82, 2.24) is 24.9 Å². The number of amides is 2. The van der Waals surface area contributed by atoms with Crippen LogP contribution in [0.4, 0.5) is 16.0 Å². The molecule has 186 valence electrons. The van der Waals surface area contributed by atoms with Gasteiger partial charge in [0.15, 0.2) is 11.0 Å². The Morgan fingerprint density at radius 3 is 2.68 bits per heavy atom. The maximum Gasteiger partial charge on any atom is 0.275 e. The molecule has 0 bridgehead atoms.